The van der Waals surface area contributed by atoms with Crippen LogP contribution in [0.2, 0.25) is 0 Å². The average Bonchev–Trinajstić information content (AvgIpc) is 2.85. The standard InChI is InChI=1S/C15H18N4O2/c1-11(20)12-3-5-13(6-4-12)18-15(21)16-9-7-14-8-10-17-19(14)2/h3-6,8,10H,7,9H2,1-2H3,(H2,16,18,21). The van der Waals surface area contributed by atoms with Crippen LogP contribution < -0.4 is 10.6 Å². The molecule has 0 spiro atoms. The number of Topliss-reactive ketones (excluding diaryl/α,β-unsaturated/α-hetero) is 1. The predicted octanol–water partition coefficient (Wildman–Crippen LogP) is 1.99. The third-order valence-electron chi connectivity index (χ3n) is 3.14. The topological polar surface area (TPSA) is 76.0 Å². The number of benzene rings is 1. The first-order valence-corrected chi connectivity index (χ1v) is 6.69. The molecule has 0 fully saturated rings. The Bertz CT molecular complexity index is 631. The summed E-state index contributed by atoms with van der Waals surface area (Å²) in [6, 6.07) is 8.43. The Morgan fingerprint density at radius 2 is 1.90 bits per heavy atom. The minimum atomic E-state index is -0.271. The van der Waals surface area contributed by atoms with Crippen LogP contribution in [0.5, 0.6) is 0 Å². The molecule has 2 amide bonds. The number of carbonyl (C=O) groups excluding carboxylic acids is 2. The predicted molar refractivity (Wildman–Crippen MR) is 80.4 cm³/mol. The summed E-state index contributed by atoms with van der Waals surface area (Å²) in [7, 11) is 1.87. The minimum Gasteiger partial charge on any atom is -0.337 e. The van der Waals surface area contributed by atoms with Crippen LogP contribution in [-0.4, -0.2) is 28.1 Å². The summed E-state index contributed by atoms with van der Waals surface area (Å²) >= 11 is 0. The van der Waals surface area contributed by atoms with Crippen LogP contribution in [0.1, 0.15) is 23.0 Å². The van der Waals surface area contributed by atoms with Crippen LogP contribution in [0.4, 0.5) is 10.5 Å². The molecule has 1 aromatic heterocycles. The second-order valence-corrected chi connectivity index (χ2v) is 4.71. The van der Waals surface area contributed by atoms with E-state index >= 15 is 0 Å². The Labute approximate surface area is 123 Å². The summed E-state index contributed by atoms with van der Waals surface area (Å²) in [6.45, 7) is 2.03. The van der Waals surface area contributed by atoms with E-state index in [2.05, 4.69) is 15.7 Å². The molecule has 0 unspecified atom stereocenters. The largest absolute Gasteiger partial charge is 0.337 e. The van der Waals surface area contributed by atoms with Crippen LogP contribution in [-0.2, 0) is 13.5 Å². The van der Waals surface area contributed by atoms with Crippen molar-refractivity contribution in [2.75, 3.05) is 11.9 Å². The molecule has 0 aliphatic carbocycles. The highest BCUT2D eigenvalue weighted by Gasteiger charge is 2.04. The smallest absolute Gasteiger partial charge is 0.319 e. The second kappa shape index (κ2) is 6.69. The molecule has 1 aromatic carbocycles. The number of rotatable bonds is 5. The van der Waals surface area contributed by atoms with Crippen LogP contribution >= 0.6 is 0 Å². The van der Waals surface area contributed by atoms with Gasteiger partial charge in [0.1, 0.15) is 0 Å². The van der Waals surface area contributed by atoms with Crippen molar-refractivity contribution >= 4 is 17.5 Å². The second-order valence-electron chi connectivity index (χ2n) is 4.71. The molecule has 110 valence electrons. The molecule has 0 saturated carbocycles. The zero-order valence-corrected chi connectivity index (χ0v) is 12.1. The Morgan fingerprint density at radius 1 is 1.19 bits per heavy atom. The first-order chi connectivity index (χ1) is 10.1. The van der Waals surface area contributed by atoms with Crippen molar-refractivity contribution in [3.05, 3.63) is 47.8 Å². The zero-order chi connectivity index (χ0) is 15.2. The summed E-state index contributed by atoms with van der Waals surface area (Å²) < 4.78 is 1.78. The van der Waals surface area contributed by atoms with Crippen LogP contribution in [0.25, 0.3) is 0 Å². The monoisotopic (exact) mass is 286 g/mol. The molecule has 0 radical (unpaired) electrons. The van der Waals surface area contributed by atoms with E-state index in [1.165, 1.54) is 6.92 Å². The number of aromatic nitrogens is 2. The third-order valence-corrected chi connectivity index (χ3v) is 3.14. The highest BCUT2D eigenvalue weighted by molar-refractivity contribution is 5.95. The SMILES string of the molecule is CC(=O)c1ccc(NC(=O)NCCc2ccnn2C)cc1. The molecular formula is C15H18N4O2. The van der Waals surface area contributed by atoms with Gasteiger partial charge in [-0.1, -0.05) is 0 Å². The van der Waals surface area contributed by atoms with Gasteiger partial charge in [-0.3, -0.25) is 9.48 Å². The van der Waals surface area contributed by atoms with Gasteiger partial charge >= 0.3 is 6.03 Å². The van der Waals surface area contributed by atoms with Crippen molar-refractivity contribution < 1.29 is 9.59 Å². The summed E-state index contributed by atoms with van der Waals surface area (Å²) in [5.41, 5.74) is 2.33. The first-order valence-electron chi connectivity index (χ1n) is 6.69. The summed E-state index contributed by atoms with van der Waals surface area (Å²) in [6.07, 6.45) is 2.44. The normalized spacial score (nSPS) is 10.2. The van der Waals surface area contributed by atoms with Crippen molar-refractivity contribution in [1.82, 2.24) is 15.1 Å². The first kappa shape index (κ1) is 14.8. The molecule has 6 heteroatoms. The van der Waals surface area contributed by atoms with E-state index < -0.39 is 0 Å². The van der Waals surface area contributed by atoms with Crippen LogP contribution in [0, 0.1) is 0 Å². The Hall–Kier alpha value is -2.63. The van der Waals surface area contributed by atoms with Gasteiger partial charge in [0, 0.05) is 43.2 Å². The van der Waals surface area contributed by atoms with Crippen molar-refractivity contribution in [2.24, 2.45) is 7.05 Å². The third kappa shape index (κ3) is 4.17. The molecule has 0 aliphatic heterocycles. The molecule has 2 N–H and O–H groups in total. The highest BCUT2D eigenvalue weighted by Crippen LogP contribution is 2.09. The molecule has 0 saturated heterocycles. The highest BCUT2D eigenvalue weighted by atomic mass is 16.2. The number of urea groups is 1. The minimum absolute atomic E-state index is 0.00202. The number of nitrogens with zero attached hydrogens (tertiary/aromatic N) is 2. The van der Waals surface area contributed by atoms with E-state index in [9.17, 15) is 9.59 Å². The van der Waals surface area contributed by atoms with E-state index in [0.29, 0.717) is 24.2 Å². The fourth-order valence-corrected chi connectivity index (χ4v) is 1.91. The maximum absolute atomic E-state index is 11.7. The van der Waals surface area contributed by atoms with Crippen molar-refractivity contribution in [3.8, 4) is 0 Å². The molecule has 1 heterocycles. The quantitative estimate of drug-likeness (QED) is 0.825. The molecule has 0 bridgehead atoms. The molecule has 6 nitrogen and oxygen atoms in total. The Kier molecular flexibility index (Phi) is 4.71. The maximum atomic E-state index is 11.7. The number of amides is 2. The van der Waals surface area contributed by atoms with E-state index in [1.807, 2.05) is 13.1 Å². The number of anilines is 1. The van der Waals surface area contributed by atoms with Gasteiger partial charge in [0.25, 0.3) is 0 Å². The molecular weight excluding hydrogens is 268 g/mol. The van der Waals surface area contributed by atoms with Gasteiger partial charge in [-0.15, -0.1) is 0 Å². The molecule has 0 aliphatic rings. The van der Waals surface area contributed by atoms with Crippen LogP contribution in [0.15, 0.2) is 36.5 Å². The average molecular weight is 286 g/mol. The molecule has 2 aromatic rings. The lowest BCUT2D eigenvalue weighted by Gasteiger charge is -2.08. The Morgan fingerprint density at radius 3 is 2.48 bits per heavy atom. The van der Waals surface area contributed by atoms with Gasteiger partial charge < -0.3 is 10.6 Å². The number of hydrogen-bond acceptors (Lipinski definition) is 3. The van der Waals surface area contributed by atoms with E-state index in [4.69, 9.17) is 0 Å². The van der Waals surface area contributed by atoms with Gasteiger partial charge in [-0.25, -0.2) is 4.79 Å². The Balaban J connectivity index is 1.79. The lowest BCUT2D eigenvalue weighted by Crippen LogP contribution is -2.30. The van der Waals surface area contributed by atoms with E-state index in [0.717, 1.165) is 5.69 Å². The fraction of sp³-hybridized carbons (Fsp3) is 0.267. The summed E-state index contributed by atoms with van der Waals surface area (Å²) in [5.74, 6) is 0.00202. The number of ketones is 1. The number of aryl methyl sites for hydroxylation is 1. The van der Waals surface area contributed by atoms with Gasteiger partial charge in [0.15, 0.2) is 5.78 Å². The van der Waals surface area contributed by atoms with Crippen molar-refractivity contribution in [3.63, 3.8) is 0 Å². The number of nitrogens with one attached hydrogen (secondary N) is 2. The number of carbonyl (C=O) groups is 2. The van der Waals surface area contributed by atoms with Gasteiger partial charge in [0.2, 0.25) is 0 Å². The van der Waals surface area contributed by atoms with E-state index in [1.54, 1.807) is 35.1 Å². The van der Waals surface area contributed by atoms with E-state index in [-0.39, 0.29) is 11.8 Å². The number of hydrogen-bond donors (Lipinski definition) is 2. The summed E-state index contributed by atoms with van der Waals surface area (Å²) in [5, 5.41) is 9.56. The lowest BCUT2D eigenvalue weighted by atomic mass is 10.1. The van der Waals surface area contributed by atoms with Gasteiger partial charge in [-0.2, -0.15) is 5.10 Å². The van der Waals surface area contributed by atoms with Crippen molar-refractivity contribution in [1.29, 1.82) is 0 Å². The zero-order valence-electron chi connectivity index (χ0n) is 12.1. The molecule has 0 atom stereocenters. The fourth-order valence-electron chi connectivity index (χ4n) is 1.91. The molecule has 2 rings (SSSR count). The summed E-state index contributed by atoms with van der Waals surface area (Å²) in [4.78, 5) is 22.9. The maximum Gasteiger partial charge on any atom is 0.319 e. The molecule has 21 heavy (non-hydrogen) atoms. The van der Waals surface area contributed by atoms with Gasteiger partial charge in [0.05, 0.1) is 0 Å². The van der Waals surface area contributed by atoms with Crippen molar-refractivity contribution in [2.45, 2.75) is 13.3 Å². The van der Waals surface area contributed by atoms with Gasteiger partial charge in [-0.05, 0) is 37.3 Å². The van der Waals surface area contributed by atoms with Crippen LogP contribution in [0.3, 0.4) is 0 Å². The lowest BCUT2D eigenvalue weighted by molar-refractivity contribution is 0.101.